The number of hydrogen-bond donors (Lipinski definition) is 1. The summed E-state index contributed by atoms with van der Waals surface area (Å²) in [6.45, 7) is 11.9. The zero-order chi connectivity index (χ0) is 15.2. The van der Waals surface area contributed by atoms with Crippen LogP contribution in [0.15, 0.2) is 0 Å². The predicted molar refractivity (Wildman–Crippen MR) is 91.8 cm³/mol. The first-order valence-electron chi connectivity index (χ1n) is 9.33. The van der Waals surface area contributed by atoms with Crippen molar-refractivity contribution in [2.24, 2.45) is 5.92 Å². The maximum Gasteiger partial charge on any atom is 0.0253 e. The van der Waals surface area contributed by atoms with E-state index >= 15 is 0 Å². The fraction of sp³-hybridized carbons (Fsp3) is 1.00. The van der Waals surface area contributed by atoms with Gasteiger partial charge in [-0.3, -0.25) is 4.90 Å². The molecule has 0 bridgehead atoms. The van der Waals surface area contributed by atoms with Gasteiger partial charge in [-0.15, -0.1) is 0 Å². The summed E-state index contributed by atoms with van der Waals surface area (Å²) in [5.41, 5.74) is 0. The van der Waals surface area contributed by atoms with Crippen molar-refractivity contribution >= 4 is 0 Å². The molecule has 1 aliphatic carbocycles. The van der Waals surface area contributed by atoms with E-state index in [1.54, 1.807) is 0 Å². The number of hydrogen-bond acceptors (Lipinski definition) is 3. The van der Waals surface area contributed by atoms with E-state index in [-0.39, 0.29) is 0 Å². The van der Waals surface area contributed by atoms with E-state index in [1.807, 2.05) is 0 Å². The van der Waals surface area contributed by atoms with Crippen molar-refractivity contribution in [2.75, 3.05) is 33.2 Å². The molecule has 3 heteroatoms. The lowest BCUT2D eigenvalue weighted by Gasteiger charge is -2.48. The molecule has 4 unspecified atom stereocenters. The second-order valence-electron chi connectivity index (χ2n) is 7.42. The summed E-state index contributed by atoms with van der Waals surface area (Å²) in [6.07, 6.45) is 8.28. The maximum atomic E-state index is 3.85. The normalized spacial score (nSPS) is 36.0. The highest BCUT2D eigenvalue weighted by atomic mass is 15.3. The van der Waals surface area contributed by atoms with Gasteiger partial charge in [0.05, 0.1) is 0 Å². The number of rotatable bonds is 6. The van der Waals surface area contributed by atoms with E-state index < -0.39 is 0 Å². The van der Waals surface area contributed by atoms with Crippen LogP contribution in [0.2, 0.25) is 0 Å². The molecule has 0 amide bonds. The molecular weight excluding hydrogens is 258 g/mol. The van der Waals surface area contributed by atoms with E-state index in [4.69, 9.17) is 0 Å². The second kappa shape index (κ2) is 8.50. The van der Waals surface area contributed by atoms with Crippen molar-refractivity contribution in [3.05, 3.63) is 0 Å². The monoisotopic (exact) mass is 295 g/mol. The van der Waals surface area contributed by atoms with Gasteiger partial charge in [0, 0.05) is 37.8 Å². The summed E-state index contributed by atoms with van der Waals surface area (Å²) in [6, 6.07) is 2.21. The van der Waals surface area contributed by atoms with Crippen molar-refractivity contribution in [2.45, 2.75) is 77.4 Å². The third-order valence-corrected chi connectivity index (χ3v) is 5.74. The lowest BCUT2D eigenvalue weighted by atomic mass is 9.79. The first-order valence-corrected chi connectivity index (χ1v) is 9.33. The molecule has 1 saturated heterocycles. The van der Waals surface area contributed by atoms with Gasteiger partial charge in [-0.25, -0.2) is 0 Å². The molecule has 1 N–H and O–H groups in total. The summed E-state index contributed by atoms with van der Waals surface area (Å²) in [7, 11) is 2.27. The minimum absolute atomic E-state index is 0.706. The maximum absolute atomic E-state index is 3.85. The van der Waals surface area contributed by atoms with Gasteiger partial charge in [-0.1, -0.05) is 26.7 Å². The van der Waals surface area contributed by atoms with Gasteiger partial charge in [-0.05, 0) is 52.1 Å². The largest absolute Gasteiger partial charge is 0.312 e. The fourth-order valence-electron chi connectivity index (χ4n) is 4.25. The highest BCUT2D eigenvalue weighted by Crippen LogP contribution is 2.32. The van der Waals surface area contributed by atoms with Gasteiger partial charge in [0.1, 0.15) is 0 Å². The first kappa shape index (κ1) is 17.2. The third-order valence-electron chi connectivity index (χ3n) is 5.74. The van der Waals surface area contributed by atoms with Crippen LogP contribution < -0.4 is 5.32 Å². The summed E-state index contributed by atoms with van der Waals surface area (Å²) in [5.74, 6) is 0.967. The predicted octanol–water partition coefficient (Wildman–Crippen LogP) is 2.96. The number of nitrogens with one attached hydrogen (secondary N) is 1. The fourth-order valence-corrected chi connectivity index (χ4v) is 4.25. The molecule has 2 rings (SSSR count). The lowest BCUT2D eigenvalue weighted by Crippen LogP contribution is -2.60. The van der Waals surface area contributed by atoms with E-state index in [9.17, 15) is 0 Å². The molecular formula is C18H37N3. The Labute approximate surface area is 132 Å². The van der Waals surface area contributed by atoms with Gasteiger partial charge < -0.3 is 10.2 Å². The van der Waals surface area contributed by atoms with Crippen molar-refractivity contribution in [1.82, 2.24) is 15.1 Å². The minimum atomic E-state index is 0.706. The molecule has 1 aliphatic heterocycles. The smallest absolute Gasteiger partial charge is 0.0253 e. The Morgan fingerprint density at radius 3 is 2.57 bits per heavy atom. The van der Waals surface area contributed by atoms with Crippen LogP contribution in [0.25, 0.3) is 0 Å². The number of likely N-dealkylation sites (N-methyl/N-ethyl adjacent to an activating group) is 1. The van der Waals surface area contributed by atoms with Crippen LogP contribution in [0.1, 0.15) is 59.3 Å². The van der Waals surface area contributed by atoms with E-state index in [1.165, 1.54) is 64.7 Å². The quantitative estimate of drug-likeness (QED) is 0.813. The molecule has 124 valence electrons. The molecule has 1 heterocycles. The van der Waals surface area contributed by atoms with Crippen molar-refractivity contribution < 1.29 is 0 Å². The molecule has 2 aliphatic rings. The molecule has 0 aromatic heterocycles. The molecule has 0 radical (unpaired) electrons. The lowest BCUT2D eigenvalue weighted by molar-refractivity contribution is 0.0301. The standard InChI is InChI=1S/C18H37N3/c1-5-7-16-8-9-17(19-10-6-2)18(13-16)21-12-11-20(4)15(3)14-21/h15-19H,5-14H2,1-4H3. The van der Waals surface area contributed by atoms with E-state index in [2.05, 4.69) is 42.9 Å². The molecule has 4 atom stereocenters. The molecule has 0 spiro atoms. The second-order valence-corrected chi connectivity index (χ2v) is 7.42. The van der Waals surface area contributed by atoms with Crippen molar-refractivity contribution in [1.29, 1.82) is 0 Å². The van der Waals surface area contributed by atoms with Crippen LogP contribution in [-0.2, 0) is 0 Å². The summed E-state index contributed by atoms with van der Waals surface area (Å²) < 4.78 is 0. The average molecular weight is 296 g/mol. The molecule has 3 nitrogen and oxygen atoms in total. The Bertz CT molecular complexity index is 294. The van der Waals surface area contributed by atoms with Crippen LogP contribution >= 0.6 is 0 Å². The molecule has 0 aromatic rings. The van der Waals surface area contributed by atoms with Crippen LogP contribution in [0, 0.1) is 5.92 Å². The summed E-state index contributed by atoms with van der Waals surface area (Å²) >= 11 is 0. The highest BCUT2D eigenvalue weighted by Gasteiger charge is 2.36. The highest BCUT2D eigenvalue weighted by molar-refractivity contribution is 4.93. The summed E-state index contributed by atoms with van der Waals surface area (Å²) in [5, 5.41) is 3.85. The van der Waals surface area contributed by atoms with Gasteiger partial charge in [-0.2, -0.15) is 0 Å². The van der Waals surface area contributed by atoms with Crippen LogP contribution in [0.3, 0.4) is 0 Å². The van der Waals surface area contributed by atoms with Crippen molar-refractivity contribution in [3.63, 3.8) is 0 Å². The Morgan fingerprint density at radius 1 is 1.10 bits per heavy atom. The third kappa shape index (κ3) is 4.67. The molecule has 0 aromatic carbocycles. The van der Waals surface area contributed by atoms with Gasteiger partial charge in [0.25, 0.3) is 0 Å². The van der Waals surface area contributed by atoms with Crippen LogP contribution in [-0.4, -0.2) is 61.2 Å². The van der Waals surface area contributed by atoms with E-state index in [0.717, 1.165) is 18.0 Å². The van der Waals surface area contributed by atoms with Crippen LogP contribution in [0.5, 0.6) is 0 Å². The summed E-state index contributed by atoms with van der Waals surface area (Å²) in [4.78, 5) is 5.32. The minimum Gasteiger partial charge on any atom is -0.312 e. The molecule has 1 saturated carbocycles. The zero-order valence-corrected chi connectivity index (χ0v) is 14.8. The SMILES string of the molecule is CCCNC1CCC(CCC)CC1N1CCN(C)C(C)C1. The van der Waals surface area contributed by atoms with Crippen molar-refractivity contribution in [3.8, 4) is 0 Å². The zero-order valence-electron chi connectivity index (χ0n) is 14.8. The Hall–Kier alpha value is -0.120. The number of nitrogens with zero attached hydrogens (tertiary/aromatic N) is 2. The first-order chi connectivity index (χ1) is 10.2. The topological polar surface area (TPSA) is 18.5 Å². The number of piperazine rings is 1. The van der Waals surface area contributed by atoms with Gasteiger partial charge in [0.15, 0.2) is 0 Å². The average Bonchev–Trinajstić information content (AvgIpc) is 2.49. The van der Waals surface area contributed by atoms with E-state index in [0.29, 0.717) is 6.04 Å². The molecule has 2 fully saturated rings. The van der Waals surface area contributed by atoms with Crippen LogP contribution in [0.4, 0.5) is 0 Å². The van der Waals surface area contributed by atoms with Gasteiger partial charge >= 0.3 is 0 Å². The Balaban J connectivity index is 1.98. The van der Waals surface area contributed by atoms with Gasteiger partial charge in [0.2, 0.25) is 0 Å². The Kier molecular flexibility index (Phi) is 6.97. The molecule has 21 heavy (non-hydrogen) atoms. The Morgan fingerprint density at radius 2 is 1.90 bits per heavy atom.